The first-order chi connectivity index (χ1) is 17.7. The zero-order chi connectivity index (χ0) is 27.8. The molecule has 1 atom stereocenters. The van der Waals surface area contributed by atoms with Crippen LogP contribution in [-0.2, 0) is 14.4 Å². The molecule has 0 heterocycles. The first-order valence-electron chi connectivity index (χ1n) is 15.5. The summed E-state index contributed by atoms with van der Waals surface area (Å²) in [5.74, 6) is 0.261. The smallest absolute Gasteiger partial charge is 0.221 e. The fourth-order valence-corrected chi connectivity index (χ4v) is 4.59. The van der Waals surface area contributed by atoms with Crippen LogP contribution >= 0.6 is 0 Å². The maximum atomic E-state index is 12.5. The van der Waals surface area contributed by atoms with Crippen molar-refractivity contribution >= 4 is 17.6 Å². The van der Waals surface area contributed by atoms with Gasteiger partial charge in [-0.25, -0.2) is 0 Å². The second kappa shape index (κ2) is 23.7. The van der Waals surface area contributed by atoms with Crippen LogP contribution in [0.4, 0.5) is 0 Å². The molecule has 0 aromatic rings. The number of hydrogen-bond donors (Lipinski definition) is 3. The van der Waals surface area contributed by atoms with Crippen LogP contribution in [0.25, 0.3) is 0 Å². The molecule has 218 valence electrons. The lowest BCUT2D eigenvalue weighted by Crippen LogP contribution is -2.42. The molecule has 0 saturated carbocycles. The number of carbonyl (C=O) groups is 3. The van der Waals surface area contributed by atoms with Crippen LogP contribution in [0, 0.1) is 5.41 Å². The van der Waals surface area contributed by atoms with Gasteiger partial charge < -0.3 is 16.0 Å². The number of Topliss-reactive ketones (excluding diaryl/α,β-unsaturated/α-hetero) is 1. The largest absolute Gasteiger partial charge is 0.356 e. The highest BCUT2D eigenvalue weighted by atomic mass is 16.2. The molecule has 0 aromatic carbocycles. The van der Waals surface area contributed by atoms with Crippen LogP contribution in [0.15, 0.2) is 0 Å². The third-order valence-electron chi connectivity index (χ3n) is 6.93. The highest BCUT2D eigenvalue weighted by Gasteiger charge is 2.28. The summed E-state index contributed by atoms with van der Waals surface area (Å²) < 4.78 is 0. The monoisotopic (exact) mass is 523 g/mol. The summed E-state index contributed by atoms with van der Waals surface area (Å²) in [7, 11) is 0. The average molecular weight is 524 g/mol. The van der Waals surface area contributed by atoms with Crippen molar-refractivity contribution in [3.8, 4) is 0 Å². The van der Waals surface area contributed by atoms with E-state index in [2.05, 4.69) is 22.9 Å². The molecule has 0 rings (SSSR count). The Balaban J connectivity index is 3.60. The average Bonchev–Trinajstić information content (AvgIpc) is 2.85. The molecular formula is C31H61N3O3. The molecule has 37 heavy (non-hydrogen) atoms. The highest BCUT2D eigenvalue weighted by Crippen LogP contribution is 2.19. The van der Waals surface area contributed by atoms with E-state index in [0.717, 1.165) is 38.6 Å². The van der Waals surface area contributed by atoms with Gasteiger partial charge in [0.05, 0.1) is 6.04 Å². The van der Waals surface area contributed by atoms with E-state index >= 15 is 0 Å². The van der Waals surface area contributed by atoms with Crippen LogP contribution in [0.3, 0.4) is 0 Å². The maximum Gasteiger partial charge on any atom is 0.221 e. The number of ketones is 1. The second-order valence-corrected chi connectivity index (χ2v) is 11.7. The van der Waals surface area contributed by atoms with Crippen LogP contribution < -0.4 is 16.0 Å². The molecule has 6 nitrogen and oxygen atoms in total. The minimum absolute atomic E-state index is 0.0322. The Morgan fingerprint density at radius 1 is 0.595 bits per heavy atom. The van der Waals surface area contributed by atoms with Crippen molar-refractivity contribution in [1.82, 2.24) is 16.0 Å². The van der Waals surface area contributed by atoms with E-state index in [1.54, 1.807) is 0 Å². The van der Waals surface area contributed by atoms with Crippen molar-refractivity contribution in [1.29, 1.82) is 0 Å². The molecule has 0 radical (unpaired) electrons. The number of carbonyl (C=O) groups excluding carboxylic acids is 3. The molecule has 3 N–H and O–H groups in total. The first kappa shape index (κ1) is 35.6. The summed E-state index contributed by atoms with van der Waals surface area (Å²) in [6.07, 6.45) is 20.3. The molecule has 0 aliphatic heterocycles. The zero-order valence-corrected chi connectivity index (χ0v) is 25.2. The van der Waals surface area contributed by atoms with E-state index in [9.17, 15) is 14.4 Å². The lowest BCUT2D eigenvalue weighted by atomic mass is 9.84. The van der Waals surface area contributed by atoms with Crippen molar-refractivity contribution in [2.45, 2.75) is 156 Å². The Morgan fingerprint density at radius 3 is 1.59 bits per heavy atom. The van der Waals surface area contributed by atoms with Gasteiger partial charge in [0, 0.05) is 31.3 Å². The Hall–Kier alpha value is -1.43. The maximum absolute atomic E-state index is 12.5. The standard InChI is InChI=1S/C31H61N3O3/c1-6-8-9-10-11-12-13-14-15-16-17-18-19-23-28(35)34-26-24-29(36)33-25-21-20-22-27(32-7-2)30(37)31(3,4)5/h27,32H,6-26H2,1-5H3,(H,33,36)(H,34,35). The molecule has 6 heteroatoms. The van der Waals surface area contributed by atoms with Crippen molar-refractivity contribution in [2.75, 3.05) is 19.6 Å². The first-order valence-corrected chi connectivity index (χ1v) is 15.5. The molecular weight excluding hydrogens is 462 g/mol. The minimum atomic E-state index is -0.349. The molecule has 0 bridgehead atoms. The minimum Gasteiger partial charge on any atom is -0.356 e. The van der Waals surface area contributed by atoms with E-state index < -0.39 is 0 Å². The molecule has 0 saturated heterocycles. The summed E-state index contributed by atoms with van der Waals surface area (Å²) in [5.41, 5.74) is -0.349. The van der Waals surface area contributed by atoms with Gasteiger partial charge in [0.25, 0.3) is 0 Å². The predicted molar refractivity (Wildman–Crippen MR) is 157 cm³/mol. The zero-order valence-electron chi connectivity index (χ0n) is 25.2. The predicted octanol–water partition coefficient (Wildman–Crippen LogP) is 6.85. The number of rotatable bonds is 25. The number of amides is 2. The fourth-order valence-electron chi connectivity index (χ4n) is 4.59. The number of unbranched alkanes of at least 4 members (excludes halogenated alkanes) is 13. The summed E-state index contributed by atoms with van der Waals surface area (Å²) in [6, 6.07) is -0.120. The Labute approximate surface area is 229 Å². The fraction of sp³-hybridized carbons (Fsp3) is 0.903. The molecule has 0 aliphatic rings. The lowest BCUT2D eigenvalue weighted by molar-refractivity contribution is -0.128. The summed E-state index contributed by atoms with van der Waals surface area (Å²) in [5, 5.41) is 9.08. The molecule has 0 aliphatic carbocycles. The van der Waals surface area contributed by atoms with Crippen LogP contribution in [0.5, 0.6) is 0 Å². The van der Waals surface area contributed by atoms with Gasteiger partial charge in [0.15, 0.2) is 5.78 Å². The third-order valence-corrected chi connectivity index (χ3v) is 6.93. The second-order valence-electron chi connectivity index (χ2n) is 11.7. The molecule has 0 fully saturated rings. The molecule has 0 spiro atoms. The Kier molecular flexibility index (Phi) is 22.8. The van der Waals surface area contributed by atoms with E-state index in [-0.39, 0.29) is 29.1 Å². The highest BCUT2D eigenvalue weighted by molar-refractivity contribution is 5.88. The van der Waals surface area contributed by atoms with Crippen LogP contribution in [0.2, 0.25) is 0 Å². The number of nitrogens with one attached hydrogen (secondary N) is 3. The van der Waals surface area contributed by atoms with Gasteiger partial charge in [0.2, 0.25) is 11.8 Å². The van der Waals surface area contributed by atoms with E-state index in [1.807, 2.05) is 27.7 Å². The van der Waals surface area contributed by atoms with Crippen molar-refractivity contribution in [3.05, 3.63) is 0 Å². The third kappa shape index (κ3) is 22.3. The molecule has 1 unspecified atom stereocenters. The topological polar surface area (TPSA) is 87.3 Å². The van der Waals surface area contributed by atoms with Crippen LogP contribution in [0.1, 0.15) is 150 Å². The van der Waals surface area contributed by atoms with Crippen molar-refractivity contribution in [2.24, 2.45) is 5.41 Å². The number of hydrogen-bond acceptors (Lipinski definition) is 4. The van der Waals surface area contributed by atoms with Gasteiger partial charge in [-0.05, 0) is 32.2 Å². The summed E-state index contributed by atoms with van der Waals surface area (Å²) in [6.45, 7) is 11.9. The van der Waals surface area contributed by atoms with Gasteiger partial charge in [-0.1, -0.05) is 112 Å². The van der Waals surface area contributed by atoms with Crippen molar-refractivity contribution in [3.63, 3.8) is 0 Å². The quantitative estimate of drug-likeness (QED) is 0.114. The van der Waals surface area contributed by atoms with E-state index in [4.69, 9.17) is 0 Å². The van der Waals surface area contributed by atoms with Crippen molar-refractivity contribution < 1.29 is 14.4 Å². The summed E-state index contributed by atoms with van der Waals surface area (Å²) in [4.78, 5) is 36.5. The van der Waals surface area contributed by atoms with Gasteiger partial charge in [0.1, 0.15) is 0 Å². The van der Waals surface area contributed by atoms with Crippen LogP contribution in [-0.4, -0.2) is 43.3 Å². The SMILES string of the molecule is CCCCCCCCCCCCCCCC(=O)NCCC(=O)NCCCCC(NCC)C(=O)C(C)(C)C. The Bertz CT molecular complexity index is 587. The van der Waals surface area contributed by atoms with Gasteiger partial charge in [-0.2, -0.15) is 0 Å². The molecule has 2 amide bonds. The lowest BCUT2D eigenvalue weighted by Gasteiger charge is -2.25. The molecule has 0 aromatic heterocycles. The Morgan fingerprint density at radius 2 is 1.08 bits per heavy atom. The van der Waals surface area contributed by atoms with E-state index in [1.165, 1.54) is 70.6 Å². The van der Waals surface area contributed by atoms with E-state index in [0.29, 0.717) is 25.9 Å². The van der Waals surface area contributed by atoms with Gasteiger partial charge in [-0.3, -0.25) is 14.4 Å². The normalized spacial score (nSPS) is 12.4. The van der Waals surface area contributed by atoms with Gasteiger partial charge in [-0.15, -0.1) is 0 Å². The van der Waals surface area contributed by atoms with Gasteiger partial charge >= 0.3 is 0 Å². The summed E-state index contributed by atoms with van der Waals surface area (Å²) >= 11 is 0. The number of likely N-dealkylation sites (N-methyl/N-ethyl adjacent to an activating group) is 1.